The normalized spacial score (nSPS) is 12.5. The molecular formula is C20H27N3O3. The van der Waals surface area contributed by atoms with E-state index in [0.29, 0.717) is 18.8 Å². The van der Waals surface area contributed by atoms with Gasteiger partial charge in [-0.25, -0.2) is 4.98 Å². The van der Waals surface area contributed by atoms with Gasteiger partial charge in [0.25, 0.3) is 11.5 Å². The van der Waals surface area contributed by atoms with E-state index in [1.54, 1.807) is 6.92 Å². The summed E-state index contributed by atoms with van der Waals surface area (Å²) in [6.07, 6.45) is 2.27. The summed E-state index contributed by atoms with van der Waals surface area (Å²) >= 11 is 0. The Balaban J connectivity index is 1.97. The molecule has 6 nitrogen and oxygen atoms in total. The van der Waals surface area contributed by atoms with Gasteiger partial charge in [-0.05, 0) is 30.9 Å². The monoisotopic (exact) mass is 357 g/mol. The van der Waals surface area contributed by atoms with Gasteiger partial charge in [0.15, 0.2) is 6.10 Å². The van der Waals surface area contributed by atoms with Gasteiger partial charge >= 0.3 is 0 Å². The van der Waals surface area contributed by atoms with Crippen LogP contribution in [0.25, 0.3) is 0 Å². The quantitative estimate of drug-likeness (QED) is 0.862. The number of hydrogen-bond acceptors (Lipinski definition) is 4. The van der Waals surface area contributed by atoms with E-state index in [2.05, 4.69) is 37.1 Å². The molecule has 2 rings (SSSR count). The van der Waals surface area contributed by atoms with Crippen molar-refractivity contribution in [1.29, 1.82) is 0 Å². The first kappa shape index (κ1) is 19.7. The number of hydrogen-bond donors (Lipinski definition) is 1. The average Bonchev–Trinajstić information content (AvgIpc) is 2.57. The summed E-state index contributed by atoms with van der Waals surface area (Å²) in [4.78, 5) is 27.8. The first-order valence-corrected chi connectivity index (χ1v) is 8.74. The molecule has 0 fully saturated rings. The number of benzene rings is 1. The largest absolute Gasteiger partial charge is 0.481 e. The fraction of sp³-hybridized carbons (Fsp3) is 0.450. The molecule has 1 N–H and O–H groups in total. The summed E-state index contributed by atoms with van der Waals surface area (Å²) in [6, 6.07) is 7.37. The van der Waals surface area contributed by atoms with Gasteiger partial charge in [-0.3, -0.25) is 14.2 Å². The van der Waals surface area contributed by atoms with Crippen LogP contribution in [0.3, 0.4) is 0 Å². The molecule has 0 spiro atoms. The minimum absolute atomic E-state index is 0.0843. The number of carbonyl (C=O) groups excluding carboxylic acids is 1. The molecule has 0 saturated carbocycles. The Hall–Kier alpha value is -2.63. The van der Waals surface area contributed by atoms with Crippen molar-refractivity contribution in [1.82, 2.24) is 14.9 Å². The van der Waals surface area contributed by atoms with E-state index in [9.17, 15) is 9.59 Å². The molecule has 140 valence electrons. The summed E-state index contributed by atoms with van der Waals surface area (Å²) in [5.74, 6) is 0.497. The lowest BCUT2D eigenvalue weighted by Gasteiger charge is -2.25. The lowest BCUT2D eigenvalue weighted by atomic mass is 9.85. The molecular weight excluding hydrogens is 330 g/mol. The number of nitrogens with zero attached hydrogens (tertiary/aromatic N) is 2. The fourth-order valence-electron chi connectivity index (χ4n) is 2.57. The molecule has 26 heavy (non-hydrogen) atoms. The maximum Gasteiger partial charge on any atom is 0.260 e. The molecule has 0 radical (unpaired) electrons. The van der Waals surface area contributed by atoms with Crippen LogP contribution in [0.5, 0.6) is 5.75 Å². The van der Waals surface area contributed by atoms with E-state index in [1.165, 1.54) is 23.2 Å². The highest BCUT2D eigenvalue weighted by atomic mass is 16.5. The highest BCUT2D eigenvalue weighted by Crippen LogP contribution is 2.32. The van der Waals surface area contributed by atoms with Crippen molar-refractivity contribution in [2.45, 2.75) is 52.7 Å². The maximum absolute atomic E-state index is 12.3. The molecule has 0 bridgehead atoms. The van der Waals surface area contributed by atoms with Gasteiger partial charge in [-0.15, -0.1) is 0 Å². The van der Waals surface area contributed by atoms with Gasteiger partial charge in [0, 0.05) is 25.4 Å². The van der Waals surface area contributed by atoms with E-state index < -0.39 is 6.10 Å². The highest BCUT2D eigenvalue weighted by molar-refractivity contribution is 5.80. The highest BCUT2D eigenvalue weighted by Gasteiger charge is 2.22. The van der Waals surface area contributed by atoms with Crippen LogP contribution >= 0.6 is 0 Å². The van der Waals surface area contributed by atoms with Crippen LogP contribution in [0.15, 0.2) is 41.6 Å². The number of amides is 1. The molecule has 0 aliphatic carbocycles. The van der Waals surface area contributed by atoms with E-state index in [1.807, 2.05) is 19.1 Å². The Morgan fingerprint density at radius 2 is 2.04 bits per heavy atom. The molecule has 1 unspecified atom stereocenters. The van der Waals surface area contributed by atoms with Crippen LogP contribution in [0.1, 0.15) is 38.8 Å². The zero-order valence-electron chi connectivity index (χ0n) is 16.1. The van der Waals surface area contributed by atoms with Gasteiger partial charge in [0.2, 0.25) is 0 Å². The summed E-state index contributed by atoms with van der Waals surface area (Å²) in [7, 11) is 0. The molecule has 0 aliphatic rings. The van der Waals surface area contributed by atoms with Gasteiger partial charge in [0.05, 0.1) is 6.33 Å². The van der Waals surface area contributed by atoms with Gasteiger partial charge < -0.3 is 10.1 Å². The number of aryl methyl sites for hydroxylation is 1. The van der Waals surface area contributed by atoms with Crippen molar-refractivity contribution in [2.24, 2.45) is 0 Å². The van der Waals surface area contributed by atoms with Gasteiger partial charge in [0.1, 0.15) is 5.75 Å². The summed E-state index contributed by atoms with van der Waals surface area (Å²) < 4.78 is 7.37. The predicted molar refractivity (Wildman–Crippen MR) is 101 cm³/mol. The lowest BCUT2D eigenvalue weighted by molar-refractivity contribution is -0.127. The third kappa shape index (κ3) is 5.18. The fourth-order valence-corrected chi connectivity index (χ4v) is 2.57. The van der Waals surface area contributed by atoms with Crippen LogP contribution in [0.2, 0.25) is 0 Å². The number of nitrogens with one attached hydrogen (secondary N) is 1. The third-order valence-corrected chi connectivity index (χ3v) is 4.06. The second-order valence-electron chi connectivity index (χ2n) is 7.41. The van der Waals surface area contributed by atoms with E-state index in [-0.39, 0.29) is 16.9 Å². The van der Waals surface area contributed by atoms with Crippen molar-refractivity contribution < 1.29 is 9.53 Å². The van der Waals surface area contributed by atoms with Crippen molar-refractivity contribution in [3.05, 3.63) is 58.3 Å². The second kappa shape index (κ2) is 8.17. The molecule has 1 heterocycles. The van der Waals surface area contributed by atoms with E-state index in [0.717, 1.165) is 11.1 Å². The van der Waals surface area contributed by atoms with Crippen molar-refractivity contribution >= 4 is 5.91 Å². The van der Waals surface area contributed by atoms with Crippen LogP contribution in [0, 0.1) is 6.92 Å². The molecule has 6 heteroatoms. The van der Waals surface area contributed by atoms with Gasteiger partial charge in [-0.2, -0.15) is 0 Å². The second-order valence-corrected chi connectivity index (χ2v) is 7.41. The summed E-state index contributed by atoms with van der Waals surface area (Å²) in [5, 5.41) is 2.80. The first-order valence-electron chi connectivity index (χ1n) is 8.74. The Morgan fingerprint density at radius 3 is 2.69 bits per heavy atom. The lowest BCUT2D eigenvalue weighted by Crippen LogP contribution is -2.39. The van der Waals surface area contributed by atoms with Crippen LogP contribution in [0.4, 0.5) is 0 Å². The Morgan fingerprint density at radius 1 is 1.31 bits per heavy atom. The van der Waals surface area contributed by atoms with Gasteiger partial charge in [-0.1, -0.05) is 38.5 Å². The zero-order chi connectivity index (χ0) is 19.3. The Kier molecular flexibility index (Phi) is 6.18. The van der Waals surface area contributed by atoms with Crippen molar-refractivity contribution in [3.8, 4) is 5.75 Å². The molecule has 0 aliphatic heterocycles. The Labute approximate surface area is 154 Å². The SMILES string of the molecule is Cc1ccc(OC(C)C(=O)NCCn2cnccc2=O)c(C(C)(C)C)c1. The van der Waals surface area contributed by atoms with Crippen LogP contribution in [-0.2, 0) is 16.8 Å². The van der Waals surface area contributed by atoms with E-state index >= 15 is 0 Å². The van der Waals surface area contributed by atoms with E-state index in [4.69, 9.17) is 4.74 Å². The number of rotatable bonds is 6. The minimum Gasteiger partial charge on any atom is -0.481 e. The minimum atomic E-state index is -0.635. The zero-order valence-corrected chi connectivity index (χ0v) is 16.1. The number of ether oxygens (including phenoxy) is 1. The van der Waals surface area contributed by atoms with Crippen molar-refractivity contribution in [3.63, 3.8) is 0 Å². The molecule has 1 aromatic heterocycles. The summed E-state index contributed by atoms with van der Waals surface area (Å²) in [6.45, 7) is 10.8. The predicted octanol–water partition coefficient (Wildman–Crippen LogP) is 2.43. The first-order chi connectivity index (χ1) is 12.2. The topological polar surface area (TPSA) is 73.2 Å². The molecule has 1 aromatic carbocycles. The van der Waals surface area contributed by atoms with Crippen molar-refractivity contribution in [2.75, 3.05) is 6.54 Å². The Bertz CT molecular complexity index is 822. The van der Waals surface area contributed by atoms with Crippen LogP contribution < -0.4 is 15.6 Å². The number of carbonyl (C=O) groups is 1. The maximum atomic E-state index is 12.3. The third-order valence-electron chi connectivity index (χ3n) is 4.06. The number of aromatic nitrogens is 2. The standard InChI is InChI=1S/C20H27N3O3/c1-14-6-7-17(16(12-14)20(3,4)5)26-15(2)19(25)22-10-11-23-13-21-9-8-18(23)24/h6-9,12-13,15H,10-11H2,1-5H3,(H,22,25). The molecule has 2 aromatic rings. The molecule has 0 saturated heterocycles. The smallest absolute Gasteiger partial charge is 0.260 e. The van der Waals surface area contributed by atoms with Crippen LogP contribution in [-0.4, -0.2) is 28.1 Å². The molecule has 1 atom stereocenters. The summed E-state index contributed by atoms with van der Waals surface area (Å²) in [5.41, 5.74) is 1.99. The molecule has 1 amide bonds. The average molecular weight is 357 g/mol.